The highest BCUT2D eigenvalue weighted by Crippen LogP contribution is 2.31. The second-order valence-corrected chi connectivity index (χ2v) is 5.80. The van der Waals surface area contributed by atoms with Gasteiger partial charge in [0.2, 0.25) is 0 Å². The molecule has 0 aromatic heterocycles. The molecule has 1 heterocycles. The first-order valence-corrected chi connectivity index (χ1v) is 7.17. The van der Waals surface area contributed by atoms with Crippen molar-refractivity contribution in [2.45, 2.75) is 26.1 Å². The summed E-state index contributed by atoms with van der Waals surface area (Å²) < 4.78 is 19.0. The molecule has 0 bridgehead atoms. The minimum atomic E-state index is -0.817. The normalized spacial score (nSPS) is 22.2. The third-order valence-corrected chi connectivity index (χ3v) is 3.99. The maximum absolute atomic E-state index is 13.5. The second kappa shape index (κ2) is 6.07. The summed E-state index contributed by atoms with van der Waals surface area (Å²) in [4.78, 5) is 24.2. The van der Waals surface area contributed by atoms with Crippen molar-refractivity contribution in [3.8, 4) is 0 Å². The van der Waals surface area contributed by atoms with E-state index < -0.39 is 22.3 Å². The van der Waals surface area contributed by atoms with Crippen LogP contribution >= 0.6 is 15.9 Å². The Hall–Kier alpha value is -1.54. The summed E-state index contributed by atoms with van der Waals surface area (Å²) in [5.74, 6) is -1.27. The molecule has 1 saturated heterocycles. The van der Waals surface area contributed by atoms with Gasteiger partial charge in [0.1, 0.15) is 10.3 Å². The number of hydrogen-bond acceptors (Lipinski definition) is 4. The highest BCUT2D eigenvalue weighted by molar-refractivity contribution is 9.10. The minimum absolute atomic E-state index is 0.00861. The number of nitro groups is 1. The number of morpholine rings is 1. The van der Waals surface area contributed by atoms with Crippen LogP contribution in [0.3, 0.4) is 0 Å². The molecular weight excluding hydrogens is 347 g/mol. The first-order chi connectivity index (χ1) is 9.79. The summed E-state index contributed by atoms with van der Waals surface area (Å²) in [6.07, 6.45) is -0.278. The number of carbonyl (C=O) groups is 1. The van der Waals surface area contributed by atoms with Crippen LogP contribution in [0.2, 0.25) is 0 Å². The van der Waals surface area contributed by atoms with E-state index in [1.807, 2.05) is 13.8 Å². The van der Waals surface area contributed by atoms with Crippen molar-refractivity contribution in [2.24, 2.45) is 0 Å². The van der Waals surface area contributed by atoms with Crippen molar-refractivity contribution >= 4 is 27.5 Å². The van der Waals surface area contributed by atoms with Gasteiger partial charge in [-0.05, 0) is 35.8 Å². The number of carbonyl (C=O) groups excluding carboxylic acids is 1. The maximum Gasteiger partial charge on any atom is 0.287 e. The largest absolute Gasteiger partial charge is 0.372 e. The molecule has 8 heteroatoms. The molecule has 1 aromatic carbocycles. The molecule has 2 rings (SSSR count). The molecule has 1 aliphatic rings. The lowest BCUT2D eigenvalue weighted by Gasteiger charge is -2.35. The molecule has 0 radical (unpaired) electrons. The van der Waals surface area contributed by atoms with Crippen LogP contribution in [0.1, 0.15) is 24.2 Å². The molecule has 0 N–H and O–H groups in total. The topological polar surface area (TPSA) is 72.7 Å². The van der Waals surface area contributed by atoms with Crippen LogP contribution in [0.4, 0.5) is 10.1 Å². The molecule has 21 heavy (non-hydrogen) atoms. The van der Waals surface area contributed by atoms with E-state index >= 15 is 0 Å². The molecule has 2 unspecified atom stereocenters. The van der Waals surface area contributed by atoms with E-state index in [2.05, 4.69) is 15.9 Å². The van der Waals surface area contributed by atoms with Crippen molar-refractivity contribution in [1.29, 1.82) is 0 Å². The Balaban J connectivity index is 2.37. The Morgan fingerprint density at radius 1 is 1.43 bits per heavy atom. The van der Waals surface area contributed by atoms with Crippen LogP contribution in [-0.2, 0) is 4.74 Å². The first-order valence-electron chi connectivity index (χ1n) is 6.37. The first kappa shape index (κ1) is 15.8. The minimum Gasteiger partial charge on any atom is -0.372 e. The smallest absolute Gasteiger partial charge is 0.287 e. The molecule has 2 atom stereocenters. The van der Waals surface area contributed by atoms with E-state index in [4.69, 9.17) is 4.74 Å². The Bertz CT molecular complexity index is 586. The van der Waals surface area contributed by atoms with Gasteiger partial charge in [0.15, 0.2) is 0 Å². The fraction of sp³-hybridized carbons (Fsp3) is 0.462. The zero-order chi connectivity index (χ0) is 15.7. The Labute approximate surface area is 129 Å². The van der Waals surface area contributed by atoms with Crippen molar-refractivity contribution in [1.82, 2.24) is 4.90 Å². The third kappa shape index (κ3) is 3.38. The molecule has 114 valence electrons. The van der Waals surface area contributed by atoms with Crippen LogP contribution in [0.5, 0.6) is 0 Å². The molecule has 1 fully saturated rings. The standard InChI is InChI=1S/C13H14BrFN2O4/c1-7-5-16(6-8(2)21-7)13(18)10-3-9(15)4-11(12(10)14)17(19)20/h3-4,7-8H,5-6H2,1-2H3. The zero-order valence-corrected chi connectivity index (χ0v) is 13.1. The molecule has 6 nitrogen and oxygen atoms in total. The molecule has 1 amide bonds. The van der Waals surface area contributed by atoms with E-state index in [-0.39, 0.29) is 22.2 Å². The molecule has 0 spiro atoms. The van der Waals surface area contributed by atoms with Gasteiger partial charge in [-0.2, -0.15) is 0 Å². The van der Waals surface area contributed by atoms with Gasteiger partial charge in [0.05, 0.1) is 28.8 Å². The third-order valence-electron chi connectivity index (χ3n) is 3.15. The molecule has 1 aliphatic heterocycles. The molecule has 0 saturated carbocycles. The Morgan fingerprint density at radius 3 is 2.52 bits per heavy atom. The Kier molecular flexibility index (Phi) is 4.58. The second-order valence-electron chi connectivity index (χ2n) is 5.01. The van der Waals surface area contributed by atoms with Gasteiger partial charge in [-0.1, -0.05) is 0 Å². The lowest BCUT2D eigenvalue weighted by atomic mass is 10.1. The fourth-order valence-corrected chi connectivity index (χ4v) is 2.92. The molecule has 0 aliphatic carbocycles. The molecule has 1 aromatic rings. The van der Waals surface area contributed by atoms with Gasteiger partial charge in [-0.15, -0.1) is 0 Å². The average molecular weight is 361 g/mol. The van der Waals surface area contributed by atoms with Crippen molar-refractivity contribution in [3.05, 3.63) is 38.1 Å². The SMILES string of the molecule is CC1CN(C(=O)c2cc(F)cc([N+](=O)[O-])c2Br)CC(C)O1. The van der Waals surface area contributed by atoms with E-state index in [0.717, 1.165) is 12.1 Å². The monoisotopic (exact) mass is 360 g/mol. The Morgan fingerprint density at radius 2 is 2.00 bits per heavy atom. The molecular formula is C13H14BrFN2O4. The van der Waals surface area contributed by atoms with E-state index in [1.165, 1.54) is 4.90 Å². The predicted molar refractivity (Wildman–Crippen MR) is 76.7 cm³/mol. The summed E-state index contributed by atoms with van der Waals surface area (Å²) in [5, 5.41) is 10.9. The lowest BCUT2D eigenvalue weighted by Crippen LogP contribution is -2.48. The number of amides is 1. The summed E-state index contributed by atoms with van der Waals surface area (Å²) in [6.45, 7) is 4.39. The van der Waals surface area contributed by atoms with E-state index in [9.17, 15) is 19.3 Å². The van der Waals surface area contributed by atoms with Crippen molar-refractivity contribution in [3.63, 3.8) is 0 Å². The number of hydrogen-bond donors (Lipinski definition) is 0. The van der Waals surface area contributed by atoms with E-state index in [0.29, 0.717) is 13.1 Å². The van der Waals surface area contributed by atoms with Gasteiger partial charge in [-0.3, -0.25) is 14.9 Å². The number of benzene rings is 1. The zero-order valence-electron chi connectivity index (χ0n) is 11.5. The lowest BCUT2D eigenvalue weighted by molar-refractivity contribution is -0.385. The van der Waals surface area contributed by atoms with Gasteiger partial charge in [0, 0.05) is 13.1 Å². The summed E-state index contributed by atoms with van der Waals surface area (Å²) in [6, 6.07) is 1.79. The number of ether oxygens (including phenoxy) is 1. The fourth-order valence-electron chi connectivity index (χ4n) is 2.38. The highest BCUT2D eigenvalue weighted by Gasteiger charge is 2.30. The van der Waals surface area contributed by atoms with Crippen LogP contribution < -0.4 is 0 Å². The van der Waals surface area contributed by atoms with Gasteiger partial charge < -0.3 is 9.64 Å². The van der Waals surface area contributed by atoms with Crippen molar-refractivity contribution in [2.75, 3.05) is 13.1 Å². The summed E-state index contributed by atoms with van der Waals surface area (Å²) >= 11 is 3.03. The van der Waals surface area contributed by atoms with Crippen LogP contribution in [0, 0.1) is 15.9 Å². The van der Waals surface area contributed by atoms with Gasteiger partial charge >= 0.3 is 0 Å². The quantitative estimate of drug-likeness (QED) is 0.600. The van der Waals surface area contributed by atoms with Gasteiger partial charge in [-0.25, -0.2) is 4.39 Å². The van der Waals surface area contributed by atoms with Crippen LogP contribution in [0.15, 0.2) is 16.6 Å². The summed E-state index contributed by atoms with van der Waals surface area (Å²) in [7, 11) is 0. The van der Waals surface area contributed by atoms with Crippen molar-refractivity contribution < 1.29 is 18.8 Å². The number of rotatable bonds is 2. The predicted octanol–water partition coefficient (Wildman–Crippen LogP) is 2.75. The van der Waals surface area contributed by atoms with Crippen LogP contribution in [-0.4, -0.2) is 41.0 Å². The number of nitro benzene ring substituents is 1. The number of halogens is 2. The van der Waals surface area contributed by atoms with Gasteiger partial charge in [0.25, 0.3) is 11.6 Å². The highest BCUT2D eigenvalue weighted by atomic mass is 79.9. The summed E-state index contributed by atoms with van der Waals surface area (Å²) in [5.41, 5.74) is -0.518. The average Bonchev–Trinajstić information content (AvgIpc) is 2.38. The van der Waals surface area contributed by atoms with Crippen LogP contribution in [0.25, 0.3) is 0 Å². The van der Waals surface area contributed by atoms with E-state index in [1.54, 1.807) is 0 Å². The maximum atomic E-state index is 13.5. The number of nitrogens with zero attached hydrogens (tertiary/aromatic N) is 2.